The van der Waals surface area contributed by atoms with Crippen molar-refractivity contribution in [1.82, 2.24) is 9.80 Å². The highest BCUT2D eigenvalue weighted by Crippen LogP contribution is 2.19. The molecule has 0 unspecified atom stereocenters. The second-order valence-corrected chi connectivity index (χ2v) is 5.28. The lowest BCUT2D eigenvalue weighted by molar-refractivity contribution is -0.187. The van der Waals surface area contributed by atoms with Crippen LogP contribution < -0.4 is 0 Å². The van der Waals surface area contributed by atoms with Gasteiger partial charge in [0.15, 0.2) is 0 Å². The third-order valence-corrected chi connectivity index (χ3v) is 3.60. The zero-order valence-electron chi connectivity index (χ0n) is 12.7. The number of hydrogen-bond donors (Lipinski definition) is 0. The number of hydrogen-bond acceptors (Lipinski definition) is 4. The first-order chi connectivity index (χ1) is 11.3. The van der Waals surface area contributed by atoms with Gasteiger partial charge in [0.05, 0.1) is 5.56 Å². The van der Waals surface area contributed by atoms with E-state index in [1.165, 1.54) is 18.2 Å². The van der Waals surface area contributed by atoms with Crippen molar-refractivity contribution in [3.05, 3.63) is 35.6 Å². The Labute approximate surface area is 135 Å². The predicted molar refractivity (Wildman–Crippen MR) is 75.8 cm³/mol. The van der Waals surface area contributed by atoms with E-state index < -0.39 is 23.9 Å². The van der Waals surface area contributed by atoms with Crippen LogP contribution in [0.25, 0.3) is 0 Å². The molecular formula is C15H16F4N2O3. The van der Waals surface area contributed by atoms with Gasteiger partial charge in [-0.1, -0.05) is 6.07 Å². The predicted octanol–water partition coefficient (Wildman–Crippen LogP) is 1.69. The number of carbonyl (C=O) groups excluding carboxylic acids is 2. The highest BCUT2D eigenvalue weighted by molar-refractivity contribution is 5.89. The van der Waals surface area contributed by atoms with Crippen molar-refractivity contribution in [1.29, 1.82) is 0 Å². The maximum Gasteiger partial charge on any atom is 0.471 e. The average Bonchev–Trinajstić information content (AvgIpc) is 2.54. The van der Waals surface area contributed by atoms with E-state index in [4.69, 9.17) is 4.74 Å². The molecule has 0 N–H and O–H groups in total. The molecule has 0 spiro atoms. The molecule has 9 heteroatoms. The van der Waals surface area contributed by atoms with Gasteiger partial charge in [0, 0.05) is 32.7 Å². The van der Waals surface area contributed by atoms with Gasteiger partial charge < -0.3 is 9.64 Å². The van der Waals surface area contributed by atoms with Crippen LogP contribution in [0.5, 0.6) is 0 Å². The summed E-state index contributed by atoms with van der Waals surface area (Å²) in [6, 6.07) is 5.08. The van der Waals surface area contributed by atoms with Crippen molar-refractivity contribution in [3.8, 4) is 0 Å². The van der Waals surface area contributed by atoms with Crippen LogP contribution in [0.4, 0.5) is 17.6 Å². The number of carbonyl (C=O) groups is 2. The number of alkyl halides is 3. The van der Waals surface area contributed by atoms with Gasteiger partial charge in [0.2, 0.25) is 0 Å². The Balaban J connectivity index is 1.71. The molecule has 1 aliphatic rings. The van der Waals surface area contributed by atoms with Gasteiger partial charge >= 0.3 is 18.1 Å². The molecule has 0 aliphatic carbocycles. The van der Waals surface area contributed by atoms with Crippen LogP contribution >= 0.6 is 0 Å². The molecular weight excluding hydrogens is 332 g/mol. The summed E-state index contributed by atoms with van der Waals surface area (Å²) in [5.41, 5.74) is 0.0931. The number of ether oxygens (including phenoxy) is 1. The lowest BCUT2D eigenvalue weighted by Crippen LogP contribution is -2.52. The molecule has 1 heterocycles. The standard InChI is InChI=1S/C15H16F4N2O3/c16-12-3-1-2-11(10-12)13(22)24-9-8-20-4-6-21(7-5-20)14(23)15(17,18)19/h1-3,10H,4-9H2. The summed E-state index contributed by atoms with van der Waals surface area (Å²) in [5.74, 6) is -3.05. The van der Waals surface area contributed by atoms with E-state index in [2.05, 4.69) is 0 Å². The van der Waals surface area contributed by atoms with Crippen molar-refractivity contribution in [3.63, 3.8) is 0 Å². The molecule has 0 aromatic heterocycles. The molecule has 2 rings (SSSR count). The number of halogens is 4. The Hall–Kier alpha value is -2.16. The fourth-order valence-electron chi connectivity index (χ4n) is 2.32. The van der Waals surface area contributed by atoms with E-state index in [0.29, 0.717) is 6.54 Å². The molecule has 0 radical (unpaired) electrons. The minimum Gasteiger partial charge on any atom is -0.461 e. The summed E-state index contributed by atoms with van der Waals surface area (Å²) in [7, 11) is 0. The molecule has 5 nitrogen and oxygen atoms in total. The Bertz CT molecular complexity index is 599. The van der Waals surface area contributed by atoms with Crippen LogP contribution in [0.1, 0.15) is 10.4 Å². The van der Waals surface area contributed by atoms with Crippen LogP contribution in [0, 0.1) is 5.82 Å². The molecule has 1 amide bonds. The van der Waals surface area contributed by atoms with E-state index in [9.17, 15) is 27.2 Å². The number of rotatable bonds is 4. The van der Waals surface area contributed by atoms with Crippen molar-refractivity contribution in [2.75, 3.05) is 39.3 Å². The molecule has 0 saturated carbocycles. The lowest BCUT2D eigenvalue weighted by atomic mass is 10.2. The average molecular weight is 348 g/mol. The van der Waals surface area contributed by atoms with Crippen LogP contribution in [-0.2, 0) is 9.53 Å². The second-order valence-electron chi connectivity index (χ2n) is 5.28. The van der Waals surface area contributed by atoms with Crippen LogP contribution in [-0.4, -0.2) is 67.2 Å². The Morgan fingerprint density at radius 3 is 2.38 bits per heavy atom. The summed E-state index contributed by atoms with van der Waals surface area (Å²) in [4.78, 5) is 25.4. The van der Waals surface area contributed by atoms with Crippen molar-refractivity contribution in [2.24, 2.45) is 0 Å². The highest BCUT2D eigenvalue weighted by atomic mass is 19.4. The monoisotopic (exact) mass is 348 g/mol. The summed E-state index contributed by atoms with van der Waals surface area (Å²) >= 11 is 0. The number of benzene rings is 1. The molecule has 1 aromatic carbocycles. The minimum atomic E-state index is -4.86. The van der Waals surface area contributed by atoms with Crippen molar-refractivity contribution < 1.29 is 31.9 Å². The number of nitrogens with zero attached hydrogens (tertiary/aromatic N) is 2. The van der Waals surface area contributed by atoms with E-state index in [-0.39, 0.29) is 38.3 Å². The van der Waals surface area contributed by atoms with Gasteiger partial charge in [-0.05, 0) is 18.2 Å². The first-order valence-corrected chi connectivity index (χ1v) is 7.28. The normalized spacial score (nSPS) is 16.1. The molecule has 1 fully saturated rings. The number of piperazine rings is 1. The highest BCUT2D eigenvalue weighted by Gasteiger charge is 2.43. The van der Waals surface area contributed by atoms with Crippen LogP contribution in [0.2, 0.25) is 0 Å². The van der Waals surface area contributed by atoms with Gasteiger partial charge in [-0.15, -0.1) is 0 Å². The first kappa shape index (κ1) is 18.2. The second kappa shape index (κ2) is 7.61. The Kier molecular flexibility index (Phi) is 5.76. The molecule has 1 aliphatic heterocycles. The van der Waals surface area contributed by atoms with E-state index in [1.807, 2.05) is 0 Å². The summed E-state index contributed by atoms with van der Waals surface area (Å²) in [6.45, 7) is 0.822. The SMILES string of the molecule is O=C(OCCN1CCN(C(=O)C(F)(F)F)CC1)c1cccc(F)c1. The third-order valence-electron chi connectivity index (χ3n) is 3.60. The zero-order valence-corrected chi connectivity index (χ0v) is 12.7. The number of amides is 1. The summed E-state index contributed by atoms with van der Waals surface area (Å²) < 4.78 is 55.0. The van der Waals surface area contributed by atoms with Gasteiger partial charge in [0.1, 0.15) is 12.4 Å². The van der Waals surface area contributed by atoms with Gasteiger partial charge in [-0.25, -0.2) is 9.18 Å². The van der Waals surface area contributed by atoms with Gasteiger partial charge in [0.25, 0.3) is 0 Å². The van der Waals surface area contributed by atoms with Crippen molar-refractivity contribution in [2.45, 2.75) is 6.18 Å². The number of esters is 1. The summed E-state index contributed by atoms with van der Waals surface area (Å²) in [6.07, 6.45) is -4.86. The maximum absolute atomic E-state index is 13.0. The Morgan fingerprint density at radius 2 is 1.79 bits per heavy atom. The Morgan fingerprint density at radius 1 is 1.12 bits per heavy atom. The summed E-state index contributed by atoms with van der Waals surface area (Å²) in [5, 5.41) is 0. The minimum absolute atomic E-state index is 0.0303. The molecule has 0 atom stereocenters. The molecule has 0 bridgehead atoms. The smallest absolute Gasteiger partial charge is 0.461 e. The quantitative estimate of drug-likeness (QED) is 0.614. The maximum atomic E-state index is 13.0. The molecule has 24 heavy (non-hydrogen) atoms. The third kappa shape index (κ3) is 4.92. The topological polar surface area (TPSA) is 49.9 Å². The molecule has 1 aromatic rings. The molecule has 1 saturated heterocycles. The van der Waals surface area contributed by atoms with Crippen LogP contribution in [0.3, 0.4) is 0 Å². The van der Waals surface area contributed by atoms with E-state index in [0.717, 1.165) is 11.0 Å². The zero-order chi connectivity index (χ0) is 17.7. The van der Waals surface area contributed by atoms with E-state index in [1.54, 1.807) is 4.90 Å². The fraction of sp³-hybridized carbons (Fsp3) is 0.467. The fourth-order valence-corrected chi connectivity index (χ4v) is 2.32. The van der Waals surface area contributed by atoms with Crippen LogP contribution in [0.15, 0.2) is 24.3 Å². The molecule has 132 valence electrons. The largest absolute Gasteiger partial charge is 0.471 e. The first-order valence-electron chi connectivity index (χ1n) is 7.28. The lowest BCUT2D eigenvalue weighted by Gasteiger charge is -2.34. The van der Waals surface area contributed by atoms with Gasteiger partial charge in [-0.3, -0.25) is 9.69 Å². The van der Waals surface area contributed by atoms with Gasteiger partial charge in [-0.2, -0.15) is 13.2 Å². The van der Waals surface area contributed by atoms with E-state index >= 15 is 0 Å². The van der Waals surface area contributed by atoms with Crippen molar-refractivity contribution >= 4 is 11.9 Å².